The van der Waals surface area contributed by atoms with E-state index in [1.165, 1.54) is 38.3 Å². The van der Waals surface area contributed by atoms with Crippen LogP contribution in [0.15, 0.2) is 24.3 Å². The number of anilines is 1. The first kappa shape index (κ1) is 9.49. The van der Waals surface area contributed by atoms with Gasteiger partial charge >= 0.3 is 0 Å². The Balaban J connectivity index is 1.79. The van der Waals surface area contributed by atoms with Gasteiger partial charge in [0.15, 0.2) is 0 Å². The minimum absolute atomic E-state index is 0.558. The molecule has 2 nitrogen and oxygen atoms in total. The van der Waals surface area contributed by atoms with Crippen LogP contribution in [-0.4, -0.2) is 26.2 Å². The van der Waals surface area contributed by atoms with E-state index < -0.39 is 0 Å². The van der Waals surface area contributed by atoms with Crippen molar-refractivity contribution in [1.29, 1.82) is 0 Å². The number of nitrogens with zero attached hydrogens (tertiary/aromatic N) is 1. The van der Waals surface area contributed by atoms with Gasteiger partial charge in [0.2, 0.25) is 0 Å². The first-order valence-corrected chi connectivity index (χ1v) is 5.87. The molecule has 2 aliphatic heterocycles. The van der Waals surface area contributed by atoms with Crippen molar-refractivity contribution in [2.24, 2.45) is 5.41 Å². The van der Waals surface area contributed by atoms with Crippen molar-refractivity contribution in [3.63, 3.8) is 0 Å². The second-order valence-electron chi connectivity index (χ2n) is 4.75. The highest BCUT2D eigenvalue weighted by Gasteiger charge is 2.42. The molecule has 0 radical (unpaired) electrons. The molecule has 15 heavy (non-hydrogen) atoms. The maximum Gasteiger partial charge on any atom is 0.0426 e. The van der Waals surface area contributed by atoms with E-state index in [4.69, 9.17) is 11.6 Å². The number of hydrogen-bond acceptors (Lipinski definition) is 2. The van der Waals surface area contributed by atoms with Crippen molar-refractivity contribution in [3.8, 4) is 0 Å². The Hall–Kier alpha value is -0.730. The quantitative estimate of drug-likeness (QED) is 0.784. The smallest absolute Gasteiger partial charge is 0.0426 e. The maximum absolute atomic E-state index is 6.00. The van der Waals surface area contributed by atoms with Crippen molar-refractivity contribution in [2.75, 3.05) is 31.1 Å². The summed E-state index contributed by atoms with van der Waals surface area (Å²) in [7, 11) is 0. The number of rotatable bonds is 1. The van der Waals surface area contributed by atoms with Crippen LogP contribution in [0, 0.1) is 5.41 Å². The van der Waals surface area contributed by atoms with Gasteiger partial charge < -0.3 is 10.2 Å². The monoisotopic (exact) mass is 222 g/mol. The van der Waals surface area contributed by atoms with Crippen LogP contribution in [0.5, 0.6) is 0 Å². The standard InChI is InChI=1S/C12H15ClN2/c13-10-2-1-3-11(6-10)15-5-4-12(9-15)7-14-8-12/h1-3,6,14H,4-5,7-9H2. The molecule has 1 N–H and O–H groups in total. The first-order valence-electron chi connectivity index (χ1n) is 5.49. The lowest BCUT2D eigenvalue weighted by Gasteiger charge is -2.39. The topological polar surface area (TPSA) is 15.3 Å². The second-order valence-corrected chi connectivity index (χ2v) is 5.19. The fourth-order valence-electron chi connectivity index (χ4n) is 2.60. The third-order valence-electron chi connectivity index (χ3n) is 3.61. The fraction of sp³-hybridized carbons (Fsp3) is 0.500. The third kappa shape index (κ3) is 1.62. The van der Waals surface area contributed by atoms with E-state index in [-0.39, 0.29) is 0 Å². The lowest BCUT2D eigenvalue weighted by atomic mass is 9.81. The summed E-state index contributed by atoms with van der Waals surface area (Å²) < 4.78 is 0. The predicted molar refractivity (Wildman–Crippen MR) is 63.6 cm³/mol. The van der Waals surface area contributed by atoms with E-state index >= 15 is 0 Å². The number of nitrogens with one attached hydrogen (secondary N) is 1. The van der Waals surface area contributed by atoms with Crippen molar-refractivity contribution in [2.45, 2.75) is 6.42 Å². The van der Waals surface area contributed by atoms with Gasteiger partial charge in [-0.05, 0) is 24.6 Å². The van der Waals surface area contributed by atoms with Gasteiger partial charge in [-0.15, -0.1) is 0 Å². The lowest BCUT2D eigenvalue weighted by Crippen LogP contribution is -2.54. The van der Waals surface area contributed by atoms with Crippen LogP contribution in [0.25, 0.3) is 0 Å². The summed E-state index contributed by atoms with van der Waals surface area (Å²) in [6.45, 7) is 4.72. The van der Waals surface area contributed by atoms with Crippen LogP contribution in [0.4, 0.5) is 5.69 Å². The van der Waals surface area contributed by atoms with Crippen molar-refractivity contribution in [1.82, 2.24) is 5.32 Å². The average Bonchev–Trinajstić information content (AvgIpc) is 2.62. The molecule has 0 atom stereocenters. The van der Waals surface area contributed by atoms with Gasteiger partial charge in [-0.25, -0.2) is 0 Å². The third-order valence-corrected chi connectivity index (χ3v) is 3.85. The molecule has 1 aromatic carbocycles. The summed E-state index contributed by atoms with van der Waals surface area (Å²) in [5.41, 5.74) is 1.83. The SMILES string of the molecule is Clc1cccc(N2CCC3(CNC3)C2)c1. The summed E-state index contributed by atoms with van der Waals surface area (Å²) in [4.78, 5) is 2.45. The Morgan fingerprint density at radius 3 is 2.80 bits per heavy atom. The van der Waals surface area contributed by atoms with E-state index in [2.05, 4.69) is 22.3 Å². The van der Waals surface area contributed by atoms with Crippen LogP contribution in [0.2, 0.25) is 5.02 Å². The Labute approximate surface area is 95.2 Å². The molecule has 1 aromatic rings. The van der Waals surface area contributed by atoms with Crippen molar-refractivity contribution >= 4 is 17.3 Å². The van der Waals surface area contributed by atoms with Crippen LogP contribution in [0.3, 0.4) is 0 Å². The van der Waals surface area contributed by atoms with Gasteiger partial charge in [0.1, 0.15) is 0 Å². The molecule has 0 aromatic heterocycles. The van der Waals surface area contributed by atoms with Crippen LogP contribution in [0.1, 0.15) is 6.42 Å². The summed E-state index contributed by atoms with van der Waals surface area (Å²) in [6, 6.07) is 8.17. The van der Waals surface area contributed by atoms with Gasteiger partial charge in [0, 0.05) is 42.3 Å². The van der Waals surface area contributed by atoms with Crippen LogP contribution >= 0.6 is 11.6 Å². The molecule has 2 heterocycles. The molecule has 2 aliphatic rings. The van der Waals surface area contributed by atoms with Crippen molar-refractivity contribution < 1.29 is 0 Å². The second kappa shape index (κ2) is 3.39. The maximum atomic E-state index is 6.00. The molecule has 3 rings (SSSR count). The summed E-state index contributed by atoms with van der Waals surface area (Å²) in [6.07, 6.45) is 1.31. The minimum atomic E-state index is 0.558. The highest BCUT2D eigenvalue weighted by molar-refractivity contribution is 6.30. The Morgan fingerprint density at radius 2 is 2.20 bits per heavy atom. The molecule has 0 unspecified atom stereocenters. The highest BCUT2D eigenvalue weighted by Crippen LogP contribution is 2.36. The predicted octanol–water partition coefficient (Wildman–Crippen LogP) is 2.14. The molecule has 3 heteroatoms. The molecular formula is C12H15ClN2. The molecule has 2 saturated heterocycles. The zero-order valence-corrected chi connectivity index (χ0v) is 9.43. The van der Waals surface area contributed by atoms with Gasteiger partial charge in [0.05, 0.1) is 0 Å². The molecule has 0 aliphatic carbocycles. The summed E-state index contributed by atoms with van der Waals surface area (Å²) in [5, 5.41) is 4.21. The Bertz CT molecular complexity index is 374. The normalized spacial score (nSPS) is 23.1. The molecular weight excluding hydrogens is 208 g/mol. The largest absolute Gasteiger partial charge is 0.371 e. The zero-order chi connectivity index (χ0) is 10.3. The fourth-order valence-corrected chi connectivity index (χ4v) is 2.78. The van der Waals surface area contributed by atoms with E-state index in [0.29, 0.717) is 5.41 Å². The van der Waals surface area contributed by atoms with Gasteiger partial charge in [0.25, 0.3) is 0 Å². The van der Waals surface area contributed by atoms with Crippen molar-refractivity contribution in [3.05, 3.63) is 29.3 Å². The van der Waals surface area contributed by atoms with E-state index in [1.54, 1.807) is 0 Å². The molecule has 0 saturated carbocycles. The van der Waals surface area contributed by atoms with E-state index in [0.717, 1.165) is 5.02 Å². The van der Waals surface area contributed by atoms with E-state index in [9.17, 15) is 0 Å². The lowest BCUT2D eigenvalue weighted by molar-refractivity contribution is 0.200. The summed E-state index contributed by atoms with van der Waals surface area (Å²) >= 11 is 6.00. The molecule has 2 fully saturated rings. The van der Waals surface area contributed by atoms with Gasteiger partial charge in [-0.2, -0.15) is 0 Å². The van der Waals surface area contributed by atoms with Gasteiger partial charge in [-0.3, -0.25) is 0 Å². The Morgan fingerprint density at radius 1 is 1.33 bits per heavy atom. The molecule has 0 amide bonds. The Kier molecular flexibility index (Phi) is 2.15. The number of hydrogen-bond donors (Lipinski definition) is 1. The molecule has 0 bridgehead atoms. The first-order chi connectivity index (χ1) is 7.27. The number of benzene rings is 1. The average molecular weight is 223 g/mol. The summed E-state index contributed by atoms with van der Waals surface area (Å²) in [5.74, 6) is 0. The van der Waals surface area contributed by atoms with Crippen LogP contribution in [-0.2, 0) is 0 Å². The number of halogens is 1. The zero-order valence-electron chi connectivity index (χ0n) is 8.67. The highest BCUT2D eigenvalue weighted by atomic mass is 35.5. The van der Waals surface area contributed by atoms with Crippen LogP contribution < -0.4 is 10.2 Å². The molecule has 80 valence electrons. The minimum Gasteiger partial charge on any atom is -0.371 e. The van der Waals surface area contributed by atoms with Gasteiger partial charge in [-0.1, -0.05) is 17.7 Å². The van der Waals surface area contributed by atoms with E-state index in [1.807, 2.05) is 12.1 Å². The molecule has 1 spiro atoms.